The third kappa shape index (κ3) is 5.08. The summed E-state index contributed by atoms with van der Waals surface area (Å²) in [5, 5.41) is 8.13. The Labute approximate surface area is 168 Å². The SMILES string of the molecule is CC(=NNC(=O)c1c(-c2ccccc2)noc1C)c1ccc(NS(C)(=O)=O)cc1. The molecule has 8 nitrogen and oxygen atoms in total. The molecule has 1 aromatic heterocycles. The zero-order valence-electron chi connectivity index (χ0n) is 16.1. The van der Waals surface area contributed by atoms with Crippen LogP contribution in [0.3, 0.4) is 0 Å². The molecule has 0 aliphatic carbocycles. The summed E-state index contributed by atoms with van der Waals surface area (Å²) < 4.78 is 30.1. The van der Waals surface area contributed by atoms with Crippen molar-refractivity contribution in [2.75, 3.05) is 11.0 Å². The molecular formula is C20H20N4O4S. The highest BCUT2D eigenvalue weighted by Crippen LogP contribution is 2.24. The number of nitrogens with zero attached hydrogens (tertiary/aromatic N) is 2. The molecule has 0 unspecified atom stereocenters. The van der Waals surface area contributed by atoms with Crippen molar-refractivity contribution in [3.8, 4) is 11.3 Å². The topological polar surface area (TPSA) is 114 Å². The van der Waals surface area contributed by atoms with Gasteiger partial charge < -0.3 is 4.52 Å². The number of aryl methyl sites for hydroxylation is 1. The molecular weight excluding hydrogens is 392 g/mol. The van der Waals surface area contributed by atoms with Gasteiger partial charge in [0.05, 0.1) is 12.0 Å². The van der Waals surface area contributed by atoms with Crippen LogP contribution in [0.2, 0.25) is 0 Å². The minimum atomic E-state index is -3.34. The van der Waals surface area contributed by atoms with E-state index in [1.165, 1.54) is 0 Å². The number of hydrogen-bond donors (Lipinski definition) is 2. The number of benzene rings is 2. The molecule has 0 saturated heterocycles. The van der Waals surface area contributed by atoms with Crippen LogP contribution >= 0.6 is 0 Å². The van der Waals surface area contributed by atoms with Crippen LogP contribution in [0.4, 0.5) is 5.69 Å². The molecule has 29 heavy (non-hydrogen) atoms. The van der Waals surface area contributed by atoms with Gasteiger partial charge in [-0.15, -0.1) is 0 Å². The fourth-order valence-corrected chi connectivity index (χ4v) is 3.25. The van der Waals surface area contributed by atoms with Crippen LogP contribution in [0.5, 0.6) is 0 Å². The second-order valence-corrected chi connectivity index (χ2v) is 8.17. The third-order valence-corrected chi connectivity index (χ3v) is 4.67. The molecule has 2 aromatic carbocycles. The van der Waals surface area contributed by atoms with E-state index in [9.17, 15) is 13.2 Å². The van der Waals surface area contributed by atoms with Gasteiger partial charge in [-0.1, -0.05) is 47.6 Å². The summed E-state index contributed by atoms with van der Waals surface area (Å²) in [7, 11) is -3.34. The molecule has 2 N–H and O–H groups in total. The predicted molar refractivity (Wildman–Crippen MR) is 111 cm³/mol. The molecule has 3 rings (SSSR count). The maximum absolute atomic E-state index is 12.7. The first-order valence-electron chi connectivity index (χ1n) is 8.69. The highest BCUT2D eigenvalue weighted by atomic mass is 32.2. The normalized spacial score (nSPS) is 11.9. The molecule has 0 bridgehead atoms. The molecule has 1 amide bonds. The zero-order chi connectivity index (χ0) is 21.0. The molecule has 0 spiro atoms. The summed E-state index contributed by atoms with van der Waals surface area (Å²) in [5.41, 5.74) is 5.79. The first-order chi connectivity index (χ1) is 13.7. The van der Waals surface area contributed by atoms with E-state index in [1.54, 1.807) is 38.1 Å². The van der Waals surface area contributed by atoms with E-state index in [1.807, 2.05) is 30.3 Å². The number of nitrogens with one attached hydrogen (secondary N) is 2. The van der Waals surface area contributed by atoms with Crippen LogP contribution < -0.4 is 10.1 Å². The van der Waals surface area contributed by atoms with Crippen molar-refractivity contribution in [3.05, 3.63) is 71.5 Å². The summed E-state index contributed by atoms with van der Waals surface area (Å²) in [6.07, 6.45) is 1.08. The summed E-state index contributed by atoms with van der Waals surface area (Å²) in [6.45, 7) is 3.40. The number of carbonyl (C=O) groups is 1. The number of hydrazone groups is 1. The second-order valence-electron chi connectivity index (χ2n) is 6.42. The van der Waals surface area contributed by atoms with Crippen LogP contribution in [0, 0.1) is 6.92 Å². The molecule has 0 saturated carbocycles. The van der Waals surface area contributed by atoms with Gasteiger partial charge in [0.25, 0.3) is 5.91 Å². The Morgan fingerprint density at radius 2 is 1.72 bits per heavy atom. The molecule has 0 aliphatic heterocycles. The minimum Gasteiger partial charge on any atom is -0.360 e. The molecule has 0 radical (unpaired) electrons. The highest BCUT2D eigenvalue weighted by Gasteiger charge is 2.21. The fourth-order valence-electron chi connectivity index (χ4n) is 2.68. The number of amides is 1. The van der Waals surface area contributed by atoms with Gasteiger partial charge in [-0.05, 0) is 31.5 Å². The van der Waals surface area contributed by atoms with Gasteiger partial charge in [0.2, 0.25) is 10.0 Å². The Hall–Kier alpha value is -3.46. The number of rotatable bonds is 6. The predicted octanol–water partition coefficient (Wildman–Crippen LogP) is 3.18. The van der Waals surface area contributed by atoms with Gasteiger partial charge >= 0.3 is 0 Å². The molecule has 1 heterocycles. The van der Waals surface area contributed by atoms with Crippen molar-refractivity contribution in [1.82, 2.24) is 10.6 Å². The molecule has 3 aromatic rings. The van der Waals surface area contributed by atoms with Crippen LogP contribution in [0.25, 0.3) is 11.3 Å². The van der Waals surface area contributed by atoms with Gasteiger partial charge in [0, 0.05) is 11.3 Å². The van der Waals surface area contributed by atoms with Crippen LogP contribution in [0.15, 0.2) is 64.2 Å². The van der Waals surface area contributed by atoms with Crippen molar-refractivity contribution in [3.63, 3.8) is 0 Å². The highest BCUT2D eigenvalue weighted by molar-refractivity contribution is 7.92. The van der Waals surface area contributed by atoms with E-state index in [2.05, 4.69) is 20.4 Å². The molecule has 9 heteroatoms. The zero-order valence-corrected chi connectivity index (χ0v) is 16.9. The molecule has 0 fully saturated rings. The maximum Gasteiger partial charge on any atom is 0.277 e. The Bertz CT molecular complexity index is 1150. The minimum absolute atomic E-state index is 0.320. The quantitative estimate of drug-likeness (QED) is 0.477. The van der Waals surface area contributed by atoms with E-state index in [0.29, 0.717) is 28.4 Å². The fraction of sp³-hybridized carbons (Fsp3) is 0.150. The standard InChI is InChI=1S/C20H20N4O4S/c1-13(15-9-11-17(12-10-15)24-29(3,26)27)21-22-20(25)18-14(2)28-23-19(18)16-7-5-4-6-8-16/h4-12,24H,1-3H3,(H,22,25). The summed E-state index contributed by atoms with van der Waals surface area (Å²) >= 11 is 0. The van der Waals surface area contributed by atoms with Gasteiger partial charge in [-0.2, -0.15) is 5.10 Å². The average molecular weight is 412 g/mol. The van der Waals surface area contributed by atoms with Crippen molar-refractivity contribution >= 4 is 27.3 Å². The summed E-state index contributed by atoms with van der Waals surface area (Å²) in [4.78, 5) is 12.7. The lowest BCUT2D eigenvalue weighted by Crippen LogP contribution is -2.20. The van der Waals surface area contributed by atoms with Gasteiger partial charge in [-0.3, -0.25) is 9.52 Å². The van der Waals surface area contributed by atoms with Crippen molar-refractivity contribution < 1.29 is 17.7 Å². The van der Waals surface area contributed by atoms with Gasteiger partial charge in [-0.25, -0.2) is 13.8 Å². The molecule has 0 aliphatic rings. The summed E-state index contributed by atoms with van der Waals surface area (Å²) in [5.74, 6) is -0.0391. The maximum atomic E-state index is 12.7. The number of anilines is 1. The van der Waals surface area contributed by atoms with E-state index in [-0.39, 0.29) is 0 Å². The third-order valence-electron chi connectivity index (χ3n) is 4.07. The lowest BCUT2D eigenvalue weighted by molar-refractivity contribution is 0.0954. The van der Waals surface area contributed by atoms with E-state index < -0.39 is 15.9 Å². The van der Waals surface area contributed by atoms with Crippen LogP contribution in [0.1, 0.15) is 28.6 Å². The lowest BCUT2D eigenvalue weighted by Gasteiger charge is -2.06. The Morgan fingerprint density at radius 3 is 2.34 bits per heavy atom. The van der Waals surface area contributed by atoms with Crippen molar-refractivity contribution in [1.29, 1.82) is 0 Å². The number of carbonyl (C=O) groups excluding carboxylic acids is 1. The average Bonchev–Trinajstić information content (AvgIpc) is 3.07. The van der Waals surface area contributed by atoms with Gasteiger partial charge in [0.1, 0.15) is 17.0 Å². The number of sulfonamides is 1. The largest absolute Gasteiger partial charge is 0.360 e. The first kappa shape index (κ1) is 20.3. The van der Waals surface area contributed by atoms with E-state index in [4.69, 9.17) is 4.52 Å². The van der Waals surface area contributed by atoms with Gasteiger partial charge in [0.15, 0.2) is 0 Å². The van der Waals surface area contributed by atoms with Crippen molar-refractivity contribution in [2.45, 2.75) is 13.8 Å². The number of hydrogen-bond acceptors (Lipinski definition) is 6. The van der Waals surface area contributed by atoms with Crippen LogP contribution in [-0.2, 0) is 10.0 Å². The lowest BCUT2D eigenvalue weighted by atomic mass is 10.1. The summed E-state index contributed by atoms with van der Waals surface area (Å²) in [6, 6.07) is 15.9. The van der Waals surface area contributed by atoms with Crippen LogP contribution in [-0.4, -0.2) is 31.4 Å². The van der Waals surface area contributed by atoms with E-state index in [0.717, 1.165) is 17.4 Å². The Kier molecular flexibility index (Phi) is 5.79. The first-order valence-corrected chi connectivity index (χ1v) is 10.6. The smallest absolute Gasteiger partial charge is 0.277 e. The second kappa shape index (κ2) is 8.27. The monoisotopic (exact) mass is 412 g/mol. The Balaban J connectivity index is 1.77. The Morgan fingerprint density at radius 1 is 1.07 bits per heavy atom. The number of aromatic nitrogens is 1. The molecule has 0 atom stereocenters. The molecule has 150 valence electrons. The van der Waals surface area contributed by atoms with E-state index >= 15 is 0 Å². The van der Waals surface area contributed by atoms with Crippen molar-refractivity contribution in [2.24, 2.45) is 5.10 Å².